The van der Waals surface area contributed by atoms with Gasteiger partial charge in [-0.05, 0) is 57.1 Å². The molecule has 1 rings (SSSR count). The van der Waals surface area contributed by atoms with E-state index in [4.69, 9.17) is 4.74 Å². The average molecular weight is 268 g/mol. The summed E-state index contributed by atoms with van der Waals surface area (Å²) in [5, 5.41) is 0. The van der Waals surface area contributed by atoms with Crippen molar-refractivity contribution in [3.63, 3.8) is 0 Å². The highest BCUT2D eigenvalue weighted by atomic mass is 19.1. The summed E-state index contributed by atoms with van der Waals surface area (Å²) in [6.45, 7) is 9.48. The fraction of sp³-hybridized carbons (Fsp3) is 0.765. The smallest absolute Gasteiger partial charge is 0.118 e. The van der Waals surface area contributed by atoms with Crippen LogP contribution in [0.3, 0.4) is 0 Å². The molecule has 0 aliphatic heterocycles. The highest BCUT2D eigenvalue weighted by Gasteiger charge is 2.38. The maximum atomic E-state index is 13.3. The zero-order valence-electron chi connectivity index (χ0n) is 12.9. The molecule has 0 aromatic rings. The Hall–Kier alpha value is -0.630. The van der Waals surface area contributed by atoms with Gasteiger partial charge in [0.1, 0.15) is 5.83 Å². The molecular weight excluding hydrogens is 239 g/mol. The van der Waals surface area contributed by atoms with Crippen molar-refractivity contribution in [2.45, 2.75) is 65.4 Å². The van der Waals surface area contributed by atoms with Gasteiger partial charge in [-0.2, -0.15) is 0 Å². The van der Waals surface area contributed by atoms with Gasteiger partial charge in [0.2, 0.25) is 0 Å². The van der Waals surface area contributed by atoms with E-state index in [1.54, 1.807) is 12.2 Å². The van der Waals surface area contributed by atoms with Crippen molar-refractivity contribution >= 4 is 0 Å². The summed E-state index contributed by atoms with van der Waals surface area (Å²) in [7, 11) is 0. The molecule has 1 nitrogen and oxygen atoms in total. The zero-order chi connectivity index (χ0) is 14.3. The predicted octanol–water partition coefficient (Wildman–Crippen LogP) is 5.43. The largest absolute Gasteiger partial charge is 0.375 e. The lowest BCUT2D eigenvalue weighted by Gasteiger charge is -2.42. The number of unbranched alkanes of at least 4 members (excludes halogenated alkanes) is 1. The number of halogens is 1. The maximum Gasteiger partial charge on any atom is 0.118 e. The minimum Gasteiger partial charge on any atom is -0.375 e. The van der Waals surface area contributed by atoms with Gasteiger partial charge in [-0.3, -0.25) is 0 Å². The number of rotatable bonds is 7. The predicted molar refractivity (Wildman–Crippen MR) is 79.8 cm³/mol. The lowest BCUT2D eigenvalue weighted by molar-refractivity contribution is -0.106. The first kappa shape index (κ1) is 16.4. The first-order valence-corrected chi connectivity index (χ1v) is 7.70. The molecule has 0 heterocycles. The van der Waals surface area contributed by atoms with E-state index in [0.29, 0.717) is 11.8 Å². The highest BCUT2D eigenvalue weighted by molar-refractivity contribution is 5.15. The number of hydrogen-bond acceptors (Lipinski definition) is 1. The van der Waals surface area contributed by atoms with Crippen LogP contribution < -0.4 is 0 Å². The van der Waals surface area contributed by atoms with Crippen LogP contribution in [0.1, 0.15) is 59.8 Å². The Morgan fingerprint density at radius 1 is 1.42 bits per heavy atom. The second-order valence-electron chi connectivity index (χ2n) is 5.82. The molecule has 0 amide bonds. The van der Waals surface area contributed by atoms with E-state index in [2.05, 4.69) is 20.8 Å². The lowest BCUT2D eigenvalue weighted by Crippen LogP contribution is -2.43. The Morgan fingerprint density at radius 3 is 2.79 bits per heavy atom. The molecule has 2 heteroatoms. The zero-order valence-corrected chi connectivity index (χ0v) is 12.9. The molecule has 0 aromatic heterocycles. The Kier molecular flexibility index (Phi) is 6.78. The average Bonchev–Trinajstić information content (AvgIpc) is 2.61. The summed E-state index contributed by atoms with van der Waals surface area (Å²) in [5.74, 6) is 0.756. The maximum absolute atomic E-state index is 13.3. The first-order chi connectivity index (χ1) is 9.04. The molecule has 0 aromatic carbocycles. The fourth-order valence-electron chi connectivity index (χ4n) is 3.00. The van der Waals surface area contributed by atoms with Crippen molar-refractivity contribution in [3.8, 4) is 0 Å². The summed E-state index contributed by atoms with van der Waals surface area (Å²) in [6.07, 6.45) is 10.5. The molecule has 1 aliphatic rings. The van der Waals surface area contributed by atoms with Gasteiger partial charge in [-0.25, -0.2) is 4.39 Å². The summed E-state index contributed by atoms with van der Waals surface area (Å²) >= 11 is 0. The molecule has 0 saturated heterocycles. The second-order valence-corrected chi connectivity index (χ2v) is 5.82. The van der Waals surface area contributed by atoms with Gasteiger partial charge in [0.05, 0.1) is 5.60 Å². The van der Waals surface area contributed by atoms with Crippen LogP contribution in [0.5, 0.6) is 0 Å². The minimum atomic E-state index is -0.157. The van der Waals surface area contributed by atoms with Crippen LogP contribution in [-0.4, -0.2) is 12.2 Å². The molecule has 110 valence electrons. The van der Waals surface area contributed by atoms with Gasteiger partial charge in [0.15, 0.2) is 0 Å². The monoisotopic (exact) mass is 268 g/mol. The van der Waals surface area contributed by atoms with Gasteiger partial charge < -0.3 is 4.74 Å². The molecule has 3 atom stereocenters. The lowest BCUT2D eigenvalue weighted by atomic mass is 9.74. The molecule has 0 N–H and O–H groups in total. The third kappa shape index (κ3) is 4.45. The topological polar surface area (TPSA) is 9.23 Å². The van der Waals surface area contributed by atoms with Gasteiger partial charge in [0.25, 0.3) is 0 Å². The van der Waals surface area contributed by atoms with Crippen molar-refractivity contribution in [1.29, 1.82) is 0 Å². The third-order valence-corrected chi connectivity index (χ3v) is 4.53. The standard InChI is InChI=1S/C17H29FO/c1-5-7-9-14(3)17(4,19-6-2)15-10-8-11-16(18)13-12-15/h8,11,13-15H,5-7,9-10,12H2,1-4H3. The highest BCUT2D eigenvalue weighted by Crippen LogP contribution is 2.39. The van der Waals surface area contributed by atoms with E-state index in [1.807, 2.05) is 13.0 Å². The summed E-state index contributed by atoms with van der Waals surface area (Å²) in [5.41, 5.74) is -0.157. The van der Waals surface area contributed by atoms with Crippen LogP contribution in [0.4, 0.5) is 4.39 Å². The Balaban J connectivity index is 2.82. The Labute approximate surface area is 117 Å². The summed E-state index contributed by atoms with van der Waals surface area (Å²) in [4.78, 5) is 0. The van der Waals surface area contributed by atoms with Crippen LogP contribution in [-0.2, 0) is 4.74 Å². The molecule has 19 heavy (non-hydrogen) atoms. The van der Waals surface area contributed by atoms with E-state index in [1.165, 1.54) is 19.3 Å². The quantitative estimate of drug-likeness (QED) is 0.598. The molecule has 0 spiro atoms. The molecular formula is C17H29FO. The van der Waals surface area contributed by atoms with Crippen molar-refractivity contribution in [3.05, 3.63) is 24.1 Å². The molecule has 3 unspecified atom stereocenters. The molecule has 0 fully saturated rings. The van der Waals surface area contributed by atoms with Gasteiger partial charge >= 0.3 is 0 Å². The van der Waals surface area contributed by atoms with Crippen LogP contribution in [0, 0.1) is 11.8 Å². The van der Waals surface area contributed by atoms with Gasteiger partial charge in [0, 0.05) is 6.61 Å². The number of ether oxygens (including phenoxy) is 1. The Bertz CT molecular complexity index is 321. The van der Waals surface area contributed by atoms with Gasteiger partial charge in [-0.1, -0.05) is 32.8 Å². The SMILES string of the molecule is CCCCC(C)C(C)(OCC)C1CC=CC(F)=CC1. The second kappa shape index (κ2) is 7.84. The fourth-order valence-corrected chi connectivity index (χ4v) is 3.00. The molecule has 0 bridgehead atoms. The van der Waals surface area contributed by atoms with E-state index in [0.717, 1.165) is 19.4 Å². The molecule has 1 aliphatic carbocycles. The van der Waals surface area contributed by atoms with Crippen LogP contribution in [0.15, 0.2) is 24.1 Å². The first-order valence-electron chi connectivity index (χ1n) is 7.70. The van der Waals surface area contributed by atoms with Crippen molar-refractivity contribution in [2.24, 2.45) is 11.8 Å². The molecule has 0 saturated carbocycles. The van der Waals surface area contributed by atoms with E-state index < -0.39 is 0 Å². The Morgan fingerprint density at radius 2 is 2.16 bits per heavy atom. The van der Waals surface area contributed by atoms with E-state index >= 15 is 0 Å². The van der Waals surface area contributed by atoms with Crippen LogP contribution in [0.25, 0.3) is 0 Å². The number of hydrogen-bond donors (Lipinski definition) is 0. The normalized spacial score (nSPS) is 24.5. The number of allylic oxidation sites excluding steroid dienone is 4. The summed E-state index contributed by atoms with van der Waals surface area (Å²) < 4.78 is 19.5. The third-order valence-electron chi connectivity index (χ3n) is 4.53. The van der Waals surface area contributed by atoms with Gasteiger partial charge in [-0.15, -0.1) is 0 Å². The summed E-state index contributed by atoms with van der Waals surface area (Å²) in [6, 6.07) is 0. The van der Waals surface area contributed by atoms with Crippen molar-refractivity contribution in [2.75, 3.05) is 6.61 Å². The minimum absolute atomic E-state index is 0.109. The van der Waals surface area contributed by atoms with Crippen LogP contribution >= 0.6 is 0 Å². The van der Waals surface area contributed by atoms with E-state index in [9.17, 15) is 4.39 Å². The van der Waals surface area contributed by atoms with Crippen molar-refractivity contribution in [1.82, 2.24) is 0 Å². The van der Waals surface area contributed by atoms with Crippen LogP contribution in [0.2, 0.25) is 0 Å². The molecule has 0 radical (unpaired) electrons. The van der Waals surface area contributed by atoms with E-state index in [-0.39, 0.29) is 11.4 Å². The van der Waals surface area contributed by atoms with Crippen molar-refractivity contribution < 1.29 is 9.13 Å².